The Labute approximate surface area is 156 Å². The van der Waals surface area contributed by atoms with Crippen LogP contribution < -0.4 is 15.6 Å². The van der Waals surface area contributed by atoms with E-state index in [1.807, 2.05) is 13.0 Å². The topological polar surface area (TPSA) is 80.6 Å². The van der Waals surface area contributed by atoms with Gasteiger partial charge in [-0.05, 0) is 36.8 Å². The van der Waals surface area contributed by atoms with Crippen molar-refractivity contribution in [2.75, 3.05) is 12.4 Å². The van der Waals surface area contributed by atoms with Crippen LogP contribution in [0.3, 0.4) is 0 Å². The summed E-state index contributed by atoms with van der Waals surface area (Å²) in [6.07, 6.45) is 1.57. The highest BCUT2D eigenvalue weighted by molar-refractivity contribution is 6.09. The summed E-state index contributed by atoms with van der Waals surface area (Å²) in [6, 6.07) is 12.2. The van der Waals surface area contributed by atoms with Gasteiger partial charge in [0.2, 0.25) is 0 Å². The number of aryl methyl sites for hydroxylation is 1. The molecule has 0 saturated heterocycles. The molecule has 3 rings (SSSR count). The summed E-state index contributed by atoms with van der Waals surface area (Å²) in [5, 5.41) is 13.7. The summed E-state index contributed by atoms with van der Waals surface area (Å²) in [5.74, 6) is -0.592. The van der Waals surface area contributed by atoms with E-state index in [4.69, 9.17) is 4.74 Å². The highest BCUT2D eigenvalue weighted by Crippen LogP contribution is 2.29. The molecule has 0 spiro atoms. The molecule has 2 aromatic carbocycles. The average Bonchev–Trinajstić information content (AvgIpc) is 2.65. The molecule has 0 aliphatic rings. The highest BCUT2D eigenvalue weighted by Gasteiger charge is 2.22. The summed E-state index contributed by atoms with van der Waals surface area (Å²) < 4.78 is 6.66. The Morgan fingerprint density at radius 2 is 2.04 bits per heavy atom. The number of fused-ring (bicyclic) bond motifs is 1. The molecule has 0 atom stereocenters. The van der Waals surface area contributed by atoms with Crippen LogP contribution >= 0.6 is 0 Å². The molecule has 27 heavy (non-hydrogen) atoms. The molecule has 1 aromatic heterocycles. The number of nitrogens with zero attached hydrogens (tertiary/aromatic N) is 1. The molecular formula is C21H20N2O4. The van der Waals surface area contributed by atoms with Crippen molar-refractivity contribution in [3.05, 3.63) is 76.6 Å². The molecule has 0 radical (unpaired) electrons. The number of aromatic nitrogens is 1. The van der Waals surface area contributed by atoms with Gasteiger partial charge >= 0.3 is 0 Å². The number of amides is 1. The van der Waals surface area contributed by atoms with Gasteiger partial charge in [0.1, 0.15) is 17.1 Å². The van der Waals surface area contributed by atoms with Gasteiger partial charge < -0.3 is 19.7 Å². The zero-order chi connectivity index (χ0) is 19.6. The third-order valence-corrected chi connectivity index (χ3v) is 4.29. The molecule has 2 N–H and O–H groups in total. The van der Waals surface area contributed by atoms with Crippen LogP contribution in [0.2, 0.25) is 0 Å². The smallest absolute Gasteiger partial charge is 0.268 e. The minimum absolute atomic E-state index is 0.216. The molecule has 6 heteroatoms. The van der Waals surface area contributed by atoms with Crippen LogP contribution in [-0.4, -0.2) is 22.7 Å². The van der Waals surface area contributed by atoms with Crippen molar-refractivity contribution < 1.29 is 14.6 Å². The maximum atomic E-state index is 12.9. The molecule has 0 fully saturated rings. The van der Waals surface area contributed by atoms with Gasteiger partial charge in [0.25, 0.3) is 11.5 Å². The second-order valence-corrected chi connectivity index (χ2v) is 6.10. The first-order valence-corrected chi connectivity index (χ1v) is 8.39. The van der Waals surface area contributed by atoms with E-state index in [1.165, 1.54) is 11.7 Å². The normalized spacial score (nSPS) is 10.6. The predicted octanol–water partition coefficient (Wildman–Crippen LogP) is 3.46. The van der Waals surface area contributed by atoms with Crippen molar-refractivity contribution >= 4 is 22.5 Å². The number of rotatable bonds is 5. The number of methoxy groups -OCH3 is 1. The number of ether oxygens (including phenoxy) is 1. The first-order chi connectivity index (χ1) is 13.0. The van der Waals surface area contributed by atoms with Gasteiger partial charge in [-0.2, -0.15) is 0 Å². The van der Waals surface area contributed by atoms with E-state index in [-0.39, 0.29) is 17.9 Å². The number of pyridine rings is 1. The van der Waals surface area contributed by atoms with Gasteiger partial charge in [0.15, 0.2) is 0 Å². The number of nitrogens with one attached hydrogen (secondary N) is 1. The molecule has 6 nitrogen and oxygen atoms in total. The first-order valence-electron chi connectivity index (χ1n) is 8.39. The lowest BCUT2D eigenvalue weighted by molar-refractivity contribution is 0.102. The van der Waals surface area contributed by atoms with Gasteiger partial charge in [-0.1, -0.05) is 24.3 Å². The molecule has 0 saturated carbocycles. The molecular weight excluding hydrogens is 344 g/mol. The SMILES string of the molecule is C=CCn1c(=O)c(C(=O)Nc2cc(C)ccc2OC)c(O)c2ccccc21. The molecule has 0 aliphatic heterocycles. The molecule has 0 bridgehead atoms. The van der Waals surface area contributed by atoms with Crippen molar-refractivity contribution in [1.29, 1.82) is 0 Å². The second-order valence-electron chi connectivity index (χ2n) is 6.10. The fraction of sp³-hybridized carbons (Fsp3) is 0.143. The van der Waals surface area contributed by atoms with Gasteiger partial charge in [0.05, 0.1) is 18.3 Å². The lowest BCUT2D eigenvalue weighted by atomic mass is 10.1. The van der Waals surface area contributed by atoms with E-state index in [2.05, 4.69) is 11.9 Å². The van der Waals surface area contributed by atoms with Crippen molar-refractivity contribution in [3.63, 3.8) is 0 Å². The minimum atomic E-state index is -0.704. The summed E-state index contributed by atoms with van der Waals surface area (Å²) >= 11 is 0. The predicted molar refractivity (Wildman–Crippen MR) is 106 cm³/mol. The van der Waals surface area contributed by atoms with E-state index in [9.17, 15) is 14.7 Å². The standard InChI is InChI=1S/C21H20N2O4/c1-4-11-23-16-8-6-5-7-14(16)19(24)18(21(23)26)20(25)22-15-12-13(2)9-10-17(15)27-3/h4-10,12,24H,1,11H2,2-3H3,(H,22,25). The maximum Gasteiger partial charge on any atom is 0.268 e. The maximum absolute atomic E-state index is 12.9. The third-order valence-electron chi connectivity index (χ3n) is 4.29. The van der Waals surface area contributed by atoms with Crippen LogP contribution in [0.25, 0.3) is 10.9 Å². The summed E-state index contributed by atoms with van der Waals surface area (Å²) in [5.41, 5.74) is 0.960. The largest absolute Gasteiger partial charge is 0.506 e. The molecule has 138 valence electrons. The number of benzene rings is 2. The fourth-order valence-electron chi connectivity index (χ4n) is 3.01. The number of hydrogen-bond acceptors (Lipinski definition) is 4. The Morgan fingerprint density at radius 3 is 2.74 bits per heavy atom. The van der Waals surface area contributed by atoms with Crippen LogP contribution in [0, 0.1) is 6.92 Å². The van der Waals surface area contributed by atoms with E-state index in [0.29, 0.717) is 22.3 Å². The van der Waals surface area contributed by atoms with Crippen LogP contribution in [0.1, 0.15) is 15.9 Å². The minimum Gasteiger partial charge on any atom is -0.506 e. The number of allylic oxidation sites excluding steroid dienone is 1. The van der Waals surface area contributed by atoms with Crippen molar-refractivity contribution in [3.8, 4) is 11.5 Å². The Balaban J connectivity index is 2.17. The Bertz CT molecular complexity index is 1100. The van der Waals surface area contributed by atoms with E-state index in [0.717, 1.165) is 5.56 Å². The van der Waals surface area contributed by atoms with Gasteiger partial charge in [-0.25, -0.2) is 0 Å². The highest BCUT2D eigenvalue weighted by atomic mass is 16.5. The molecule has 1 heterocycles. The lowest BCUT2D eigenvalue weighted by Crippen LogP contribution is -2.29. The van der Waals surface area contributed by atoms with Crippen LogP contribution in [0.15, 0.2) is 59.9 Å². The number of hydrogen-bond donors (Lipinski definition) is 2. The Kier molecular flexibility index (Phi) is 4.98. The van der Waals surface area contributed by atoms with Crippen molar-refractivity contribution in [1.82, 2.24) is 4.57 Å². The number of carbonyl (C=O) groups is 1. The van der Waals surface area contributed by atoms with Crippen LogP contribution in [0.4, 0.5) is 5.69 Å². The van der Waals surface area contributed by atoms with E-state index >= 15 is 0 Å². The number of carbonyl (C=O) groups excluding carboxylic acids is 1. The average molecular weight is 364 g/mol. The first kappa shape index (κ1) is 18.3. The monoisotopic (exact) mass is 364 g/mol. The zero-order valence-electron chi connectivity index (χ0n) is 15.2. The van der Waals surface area contributed by atoms with Gasteiger partial charge in [-0.15, -0.1) is 6.58 Å². The third kappa shape index (κ3) is 3.29. The number of anilines is 1. The molecule has 1 amide bonds. The van der Waals surface area contributed by atoms with Gasteiger partial charge in [0, 0.05) is 11.9 Å². The van der Waals surface area contributed by atoms with E-state index < -0.39 is 11.5 Å². The Morgan fingerprint density at radius 1 is 1.30 bits per heavy atom. The van der Waals surface area contributed by atoms with Crippen LogP contribution in [0.5, 0.6) is 11.5 Å². The van der Waals surface area contributed by atoms with Crippen molar-refractivity contribution in [2.45, 2.75) is 13.5 Å². The Hall–Kier alpha value is -3.54. The second kappa shape index (κ2) is 7.37. The number of para-hydroxylation sites is 1. The number of aromatic hydroxyl groups is 1. The molecule has 0 unspecified atom stereocenters. The van der Waals surface area contributed by atoms with Crippen molar-refractivity contribution in [2.24, 2.45) is 0 Å². The van der Waals surface area contributed by atoms with E-state index in [1.54, 1.807) is 42.5 Å². The summed E-state index contributed by atoms with van der Waals surface area (Å²) in [4.78, 5) is 25.8. The quantitative estimate of drug-likeness (QED) is 0.680. The fourth-order valence-corrected chi connectivity index (χ4v) is 3.01. The zero-order valence-corrected chi connectivity index (χ0v) is 15.2. The summed E-state index contributed by atoms with van der Waals surface area (Å²) in [6.45, 7) is 5.75. The van der Waals surface area contributed by atoms with Gasteiger partial charge in [-0.3, -0.25) is 9.59 Å². The van der Waals surface area contributed by atoms with Crippen LogP contribution in [-0.2, 0) is 6.54 Å². The lowest BCUT2D eigenvalue weighted by Gasteiger charge is -2.15. The molecule has 0 aliphatic carbocycles. The summed E-state index contributed by atoms with van der Waals surface area (Å²) in [7, 11) is 1.49. The molecule has 3 aromatic rings.